The first-order valence-electron chi connectivity index (χ1n) is 8.04. The maximum Gasteiger partial charge on any atom is 0.306 e. The molecule has 0 spiro atoms. The average molecular weight is 299 g/mol. The van der Waals surface area contributed by atoms with Gasteiger partial charge in [0.05, 0.1) is 33.1 Å². The Morgan fingerprint density at radius 3 is 2.19 bits per heavy atom. The molecule has 1 rings (SSSR count). The van der Waals surface area contributed by atoms with Crippen molar-refractivity contribution in [2.75, 3.05) is 27.2 Å². The normalized spacial score (nSPS) is 27.2. The Kier molecular flexibility index (Phi) is 6.20. The highest BCUT2D eigenvalue weighted by molar-refractivity contribution is 5.78. The summed E-state index contributed by atoms with van der Waals surface area (Å²) >= 11 is 0. The lowest BCUT2D eigenvalue weighted by atomic mass is 9.81. The van der Waals surface area contributed by atoms with Gasteiger partial charge in [-0.2, -0.15) is 0 Å². The third-order valence-corrected chi connectivity index (χ3v) is 5.05. The molecule has 4 atom stereocenters. The molecule has 0 bridgehead atoms. The van der Waals surface area contributed by atoms with E-state index in [0.717, 1.165) is 30.4 Å². The molecule has 1 heterocycles. The topological polar surface area (TPSA) is 80.4 Å². The number of amides is 1. The summed E-state index contributed by atoms with van der Waals surface area (Å²) in [7, 11) is 4.43. The zero-order valence-electron chi connectivity index (χ0n) is 13.8. The van der Waals surface area contributed by atoms with Crippen LogP contribution in [0, 0.1) is 23.7 Å². The number of likely N-dealkylation sites (tertiary alicyclic amines) is 1. The summed E-state index contributed by atoms with van der Waals surface area (Å²) in [5.74, 6) is -0.879. The van der Waals surface area contributed by atoms with Gasteiger partial charge in [-0.15, -0.1) is 0 Å². The SMILES string of the molecule is CCC(CC(CC1C[N+](C)(C)CC1CC)C(N)=O)C(=O)O. The van der Waals surface area contributed by atoms with Crippen molar-refractivity contribution in [1.82, 2.24) is 0 Å². The number of carbonyl (C=O) groups is 2. The van der Waals surface area contributed by atoms with Crippen molar-refractivity contribution in [3.8, 4) is 0 Å². The Balaban J connectivity index is 2.74. The molecule has 1 aliphatic rings. The van der Waals surface area contributed by atoms with Crippen LogP contribution in [0.4, 0.5) is 0 Å². The number of carbonyl (C=O) groups excluding carboxylic acids is 1. The summed E-state index contributed by atoms with van der Waals surface area (Å²) in [5, 5.41) is 9.19. The Morgan fingerprint density at radius 2 is 1.76 bits per heavy atom. The lowest BCUT2D eigenvalue weighted by Gasteiger charge is -2.24. The summed E-state index contributed by atoms with van der Waals surface area (Å²) < 4.78 is 0.977. The van der Waals surface area contributed by atoms with Gasteiger partial charge in [-0.25, -0.2) is 0 Å². The van der Waals surface area contributed by atoms with Crippen molar-refractivity contribution in [2.24, 2.45) is 29.4 Å². The molecule has 3 N–H and O–H groups in total. The number of rotatable bonds is 8. The number of hydrogen-bond acceptors (Lipinski definition) is 2. The lowest BCUT2D eigenvalue weighted by molar-refractivity contribution is -0.880. The van der Waals surface area contributed by atoms with Crippen LogP contribution in [-0.2, 0) is 9.59 Å². The predicted octanol–water partition coefficient (Wildman–Crippen LogP) is 1.71. The van der Waals surface area contributed by atoms with Crippen molar-refractivity contribution in [3.05, 3.63) is 0 Å². The van der Waals surface area contributed by atoms with Crippen LogP contribution in [0.5, 0.6) is 0 Å². The average Bonchev–Trinajstić information content (AvgIpc) is 2.67. The highest BCUT2D eigenvalue weighted by Crippen LogP contribution is 2.35. The molecule has 21 heavy (non-hydrogen) atoms. The van der Waals surface area contributed by atoms with Crippen molar-refractivity contribution < 1.29 is 19.2 Å². The van der Waals surface area contributed by atoms with E-state index in [4.69, 9.17) is 5.73 Å². The van der Waals surface area contributed by atoms with Gasteiger partial charge >= 0.3 is 5.97 Å². The number of carboxylic acid groups (broad SMARTS) is 1. The van der Waals surface area contributed by atoms with Crippen LogP contribution in [0.25, 0.3) is 0 Å². The van der Waals surface area contributed by atoms with Crippen LogP contribution in [0.15, 0.2) is 0 Å². The molecule has 0 aliphatic carbocycles. The van der Waals surface area contributed by atoms with Gasteiger partial charge in [-0.05, 0) is 25.7 Å². The van der Waals surface area contributed by atoms with Gasteiger partial charge in [-0.1, -0.05) is 13.8 Å². The van der Waals surface area contributed by atoms with E-state index in [1.807, 2.05) is 6.92 Å². The van der Waals surface area contributed by atoms with Gasteiger partial charge in [0.2, 0.25) is 5.91 Å². The second-order valence-electron chi connectivity index (χ2n) is 7.24. The second-order valence-corrected chi connectivity index (χ2v) is 7.24. The minimum absolute atomic E-state index is 0.316. The van der Waals surface area contributed by atoms with Crippen molar-refractivity contribution in [2.45, 2.75) is 39.5 Å². The van der Waals surface area contributed by atoms with Gasteiger partial charge in [0.1, 0.15) is 0 Å². The molecule has 0 radical (unpaired) electrons. The monoisotopic (exact) mass is 299 g/mol. The second kappa shape index (κ2) is 7.25. The zero-order valence-corrected chi connectivity index (χ0v) is 13.8. The number of nitrogens with zero attached hydrogens (tertiary/aromatic N) is 1. The van der Waals surface area contributed by atoms with E-state index in [1.54, 1.807) is 0 Å². The van der Waals surface area contributed by atoms with E-state index in [-0.39, 0.29) is 11.8 Å². The van der Waals surface area contributed by atoms with Crippen LogP contribution < -0.4 is 5.73 Å². The number of aliphatic carboxylic acids is 1. The molecule has 0 saturated carbocycles. The number of hydrogen-bond donors (Lipinski definition) is 2. The van der Waals surface area contributed by atoms with Crippen LogP contribution >= 0.6 is 0 Å². The maximum atomic E-state index is 11.7. The maximum absolute atomic E-state index is 11.7. The molecule has 0 aromatic rings. The molecule has 1 fully saturated rings. The standard InChI is InChI=1S/C16H30N2O3/c1-5-11(16(20)21)7-13(15(17)19)8-14-10-18(3,4)9-12(14)6-2/h11-14H,5-10H2,1-4H3,(H2-,17,19,20,21)/p+1. The summed E-state index contributed by atoms with van der Waals surface area (Å²) in [6, 6.07) is 0. The van der Waals surface area contributed by atoms with Crippen LogP contribution in [0.2, 0.25) is 0 Å². The fourth-order valence-corrected chi connectivity index (χ4v) is 3.85. The van der Waals surface area contributed by atoms with E-state index in [0.29, 0.717) is 24.7 Å². The van der Waals surface area contributed by atoms with Crippen LogP contribution in [0.1, 0.15) is 39.5 Å². The molecule has 0 aromatic heterocycles. The molecule has 1 amide bonds. The van der Waals surface area contributed by atoms with Gasteiger partial charge in [0.15, 0.2) is 0 Å². The van der Waals surface area contributed by atoms with Crippen LogP contribution in [0.3, 0.4) is 0 Å². The third-order valence-electron chi connectivity index (χ3n) is 5.05. The van der Waals surface area contributed by atoms with Crippen LogP contribution in [-0.4, -0.2) is 48.7 Å². The Hall–Kier alpha value is -1.10. The molecule has 4 unspecified atom stereocenters. The van der Waals surface area contributed by atoms with Gasteiger partial charge in [0, 0.05) is 17.8 Å². The van der Waals surface area contributed by atoms with Crippen molar-refractivity contribution in [3.63, 3.8) is 0 Å². The smallest absolute Gasteiger partial charge is 0.306 e. The molecular weight excluding hydrogens is 268 g/mol. The quantitative estimate of drug-likeness (QED) is 0.670. The summed E-state index contributed by atoms with van der Waals surface area (Å²) in [6.07, 6.45) is 2.76. The lowest BCUT2D eigenvalue weighted by Crippen LogP contribution is -2.37. The van der Waals surface area contributed by atoms with Crippen molar-refractivity contribution >= 4 is 11.9 Å². The number of nitrogens with two attached hydrogens (primary N) is 1. The van der Waals surface area contributed by atoms with E-state index in [1.165, 1.54) is 0 Å². The minimum atomic E-state index is -0.821. The van der Waals surface area contributed by atoms with Gasteiger partial charge in [0.25, 0.3) is 0 Å². The first kappa shape index (κ1) is 18.0. The minimum Gasteiger partial charge on any atom is -0.481 e. The molecule has 1 saturated heterocycles. The van der Waals surface area contributed by atoms with Crippen molar-refractivity contribution in [1.29, 1.82) is 0 Å². The molecule has 5 heteroatoms. The summed E-state index contributed by atoms with van der Waals surface area (Å²) in [6.45, 7) is 6.21. The summed E-state index contributed by atoms with van der Waals surface area (Å²) in [4.78, 5) is 22.9. The van der Waals surface area contributed by atoms with Gasteiger partial charge < -0.3 is 15.3 Å². The fourth-order valence-electron chi connectivity index (χ4n) is 3.85. The van der Waals surface area contributed by atoms with Gasteiger partial charge in [-0.3, -0.25) is 9.59 Å². The molecule has 1 aliphatic heterocycles. The highest BCUT2D eigenvalue weighted by Gasteiger charge is 2.41. The fraction of sp³-hybridized carbons (Fsp3) is 0.875. The molecular formula is C16H31N2O3+. The third kappa shape index (κ3) is 4.99. The van der Waals surface area contributed by atoms with E-state index in [9.17, 15) is 14.7 Å². The molecule has 122 valence electrons. The largest absolute Gasteiger partial charge is 0.481 e. The van der Waals surface area contributed by atoms with E-state index < -0.39 is 11.9 Å². The first-order chi connectivity index (χ1) is 9.70. The Labute approximate surface area is 128 Å². The first-order valence-corrected chi connectivity index (χ1v) is 8.04. The Bertz CT molecular complexity index is 382. The summed E-state index contributed by atoms with van der Waals surface area (Å²) in [5.41, 5.74) is 5.54. The highest BCUT2D eigenvalue weighted by atomic mass is 16.4. The Morgan fingerprint density at radius 1 is 1.19 bits per heavy atom. The number of primary amides is 1. The number of quaternary nitrogens is 1. The number of carboxylic acids is 1. The zero-order chi connectivity index (χ0) is 16.2. The molecule has 0 aromatic carbocycles. The van der Waals surface area contributed by atoms with E-state index >= 15 is 0 Å². The molecule has 5 nitrogen and oxygen atoms in total. The van der Waals surface area contributed by atoms with E-state index in [2.05, 4.69) is 21.0 Å². The predicted molar refractivity (Wildman–Crippen MR) is 82.4 cm³/mol.